The highest BCUT2D eigenvalue weighted by molar-refractivity contribution is 5.96. The second-order valence-corrected chi connectivity index (χ2v) is 6.12. The third-order valence-electron chi connectivity index (χ3n) is 4.19. The predicted octanol–water partition coefficient (Wildman–Crippen LogP) is 1.14. The van der Waals surface area contributed by atoms with Gasteiger partial charge in [-0.3, -0.25) is 19.6 Å². The Bertz CT molecular complexity index is 886. The minimum Gasteiger partial charge on any atom is -0.327 e. The van der Waals surface area contributed by atoms with Crippen molar-refractivity contribution in [1.82, 2.24) is 19.6 Å². The fourth-order valence-electron chi connectivity index (χ4n) is 2.64. The molecule has 26 heavy (non-hydrogen) atoms. The van der Waals surface area contributed by atoms with Crippen molar-refractivity contribution >= 4 is 29.5 Å². The molecule has 1 amide bonds. The second kappa shape index (κ2) is 6.36. The number of halogens is 2. The first-order valence-corrected chi connectivity index (χ1v) is 7.85. The standard InChI is InChI=1S/C16H18F2N6O2/c1-11(6-8-25)14(26)22(3)21(2)13-12-5-4-7-24(12)20-15(19-13)23-9-16(17,18)10-23/h4-8H,9-10H2,1-3H3/b11-6-. The first-order valence-electron chi connectivity index (χ1n) is 7.85. The summed E-state index contributed by atoms with van der Waals surface area (Å²) in [6, 6.07) is 3.50. The smallest absolute Gasteiger partial charge is 0.282 e. The highest BCUT2D eigenvalue weighted by Crippen LogP contribution is 2.31. The highest BCUT2D eigenvalue weighted by atomic mass is 19.3. The fraction of sp³-hybridized carbons (Fsp3) is 0.375. The summed E-state index contributed by atoms with van der Waals surface area (Å²) in [6.07, 6.45) is 3.39. The molecular weight excluding hydrogens is 346 g/mol. The number of aromatic nitrogens is 3. The number of aldehydes is 1. The summed E-state index contributed by atoms with van der Waals surface area (Å²) in [5.74, 6) is -2.60. The highest BCUT2D eigenvalue weighted by Gasteiger charge is 2.45. The molecule has 10 heteroatoms. The molecule has 0 N–H and O–H groups in total. The molecule has 3 heterocycles. The zero-order chi connectivity index (χ0) is 19.1. The van der Waals surface area contributed by atoms with Crippen LogP contribution in [0, 0.1) is 0 Å². The number of rotatable bonds is 5. The summed E-state index contributed by atoms with van der Waals surface area (Å²) in [5.41, 5.74) is 0.873. The topological polar surface area (TPSA) is 74.1 Å². The molecule has 8 nitrogen and oxygen atoms in total. The van der Waals surface area contributed by atoms with E-state index in [0.717, 1.165) is 0 Å². The number of hydrogen-bond donors (Lipinski definition) is 0. The molecule has 138 valence electrons. The van der Waals surface area contributed by atoms with Crippen molar-refractivity contribution in [3.05, 3.63) is 30.0 Å². The Morgan fingerprint density at radius 1 is 1.35 bits per heavy atom. The van der Waals surface area contributed by atoms with Crippen LogP contribution in [-0.2, 0) is 9.59 Å². The van der Waals surface area contributed by atoms with Crippen LogP contribution in [0.5, 0.6) is 0 Å². The Morgan fingerprint density at radius 2 is 2.04 bits per heavy atom. The maximum absolute atomic E-state index is 13.2. The van der Waals surface area contributed by atoms with Crippen molar-refractivity contribution in [2.24, 2.45) is 0 Å². The average molecular weight is 364 g/mol. The molecule has 0 unspecified atom stereocenters. The summed E-state index contributed by atoms with van der Waals surface area (Å²) in [4.78, 5) is 28.7. The van der Waals surface area contributed by atoms with E-state index in [-0.39, 0.29) is 17.4 Å². The van der Waals surface area contributed by atoms with Crippen molar-refractivity contribution in [2.75, 3.05) is 37.1 Å². The molecular formula is C16H18F2N6O2. The van der Waals surface area contributed by atoms with Gasteiger partial charge in [-0.05, 0) is 25.1 Å². The Morgan fingerprint density at radius 3 is 2.65 bits per heavy atom. The monoisotopic (exact) mass is 364 g/mol. The van der Waals surface area contributed by atoms with E-state index in [1.807, 2.05) is 0 Å². The molecule has 1 fully saturated rings. The van der Waals surface area contributed by atoms with Gasteiger partial charge in [0.25, 0.3) is 11.8 Å². The third kappa shape index (κ3) is 3.09. The molecule has 2 aromatic heterocycles. The van der Waals surface area contributed by atoms with Crippen LogP contribution in [0.25, 0.3) is 5.52 Å². The van der Waals surface area contributed by atoms with Crippen molar-refractivity contribution < 1.29 is 18.4 Å². The van der Waals surface area contributed by atoms with E-state index in [4.69, 9.17) is 0 Å². The summed E-state index contributed by atoms with van der Waals surface area (Å²) in [6.45, 7) is 0.638. The van der Waals surface area contributed by atoms with Crippen LogP contribution in [0.3, 0.4) is 0 Å². The minimum atomic E-state index is -2.75. The Kier molecular flexibility index (Phi) is 4.34. The van der Waals surface area contributed by atoms with Gasteiger partial charge in [0, 0.05) is 25.9 Å². The number of carbonyl (C=O) groups excluding carboxylic acids is 2. The molecule has 0 bridgehead atoms. The van der Waals surface area contributed by atoms with E-state index in [0.29, 0.717) is 17.6 Å². The third-order valence-corrected chi connectivity index (χ3v) is 4.19. The molecule has 0 aliphatic carbocycles. The van der Waals surface area contributed by atoms with Crippen LogP contribution in [0.2, 0.25) is 0 Å². The van der Waals surface area contributed by atoms with Gasteiger partial charge in [0.15, 0.2) is 5.82 Å². The summed E-state index contributed by atoms with van der Waals surface area (Å²) in [5, 5.41) is 7.02. The number of hydrogen-bond acceptors (Lipinski definition) is 6. The molecule has 1 saturated heterocycles. The zero-order valence-electron chi connectivity index (χ0n) is 14.6. The molecule has 1 aliphatic heterocycles. The molecule has 0 saturated carbocycles. The van der Waals surface area contributed by atoms with E-state index in [2.05, 4.69) is 10.1 Å². The van der Waals surface area contributed by atoms with Crippen molar-refractivity contribution in [3.63, 3.8) is 0 Å². The summed E-state index contributed by atoms with van der Waals surface area (Å²) < 4.78 is 27.9. The van der Waals surface area contributed by atoms with Crippen LogP contribution < -0.4 is 9.91 Å². The lowest BCUT2D eigenvalue weighted by Gasteiger charge is -2.39. The average Bonchev–Trinajstić information content (AvgIpc) is 3.05. The number of alkyl halides is 2. The molecule has 0 atom stereocenters. The zero-order valence-corrected chi connectivity index (χ0v) is 14.6. The summed E-state index contributed by atoms with van der Waals surface area (Å²) in [7, 11) is 3.15. The van der Waals surface area contributed by atoms with Gasteiger partial charge in [0.2, 0.25) is 5.95 Å². The molecule has 2 aromatic rings. The molecule has 3 rings (SSSR count). The Balaban J connectivity index is 1.95. The molecule has 0 spiro atoms. The van der Waals surface area contributed by atoms with E-state index < -0.39 is 19.0 Å². The Labute approximate surface area is 148 Å². The lowest BCUT2D eigenvalue weighted by Crippen LogP contribution is -2.57. The summed E-state index contributed by atoms with van der Waals surface area (Å²) >= 11 is 0. The van der Waals surface area contributed by atoms with Crippen LogP contribution in [0.15, 0.2) is 30.0 Å². The normalized spacial score (nSPS) is 16.3. The maximum Gasteiger partial charge on any atom is 0.282 e. The Hall–Kier alpha value is -3.04. The lowest BCUT2D eigenvalue weighted by atomic mass is 10.2. The maximum atomic E-state index is 13.2. The van der Waals surface area contributed by atoms with Gasteiger partial charge in [0.05, 0.1) is 13.1 Å². The largest absolute Gasteiger partial charge is 0.327 e. The first-order chi connectivity index (χ1) is 12.2. The van der Waals surface area contributed by atoms with Gasteiger partial charge in [0.1, 0.15) is 11.8 Å². The number of allylic oxidation sites excluding steroid dienone is 1. The van der Waals surface area contributed by atoms with E-state index in [1.165, 1.54) is 39.5 Å². The second-order valence-electron chi connectivity index (χ2n) is 6.12. The number of amides is 1. The van der Waals surface area contributed by atoms with Gasteiger partial charge < -0.3 is 4.90 Å². The number of carbonyl (C=O) groups is 2. The van der Waals surface area contributed by atoms with Gasteiger partial charge in [-0.1, -0.05) is 0 Å². The van der Waals surface area contributed by atoms with E-state index >= 15 is 0 Å². The van der Waals surface area contributed by atoms with Gasteiger partial charge in [-0.25, -0.2) is 13.3 Å². The first kappa shape index (κ1) is 17.8. The van der Waals surface area contributed by atoms with Crippen molar-refractivity contribution in [1.29, 1.82) is 0 Å². The van der Waals surface area contributed by atoms with Gasteiger partial charge in [-0.2, -0.15) is 4.98 Å². The number of fused-ring (bicyclic) bond motifs is 1. The van der Waals surface area contributed by atoms with Crippen LogP contribution >= 0.6 is 0 Å². The quantitative estimate of drug-likeness (QED) is 0.450. The molecule has 1 aliphatic rings. The number of likely N-dealkylation sites (N-methyl/N-ethyl adjacent to an activating group) is 1. The number of anilines is 2. The van der Waals surface area contributed by atoms with E-state index in [9.17, 15) is 18.4 Å². The van der Waals surface area contributed by atoms with Crippen molar-refractivity contribution in [2.45, 2.75) is 12.8 Å². The van der Waals surface area contributed by atoms with Crippen LogP contribution in [-0.4, -0.2) is 64.9 Å². The number of nitrogens with zero attached hydrogens (tertiary/aromatic N) is 6. The predicted molar refractivity (Wildman–Crippen MR) is 91.1 cm³/mol. The SMILES string of the molecule is C/C(=C/C=O)C(=O)N(C)N(C)c1nc(N2CC(F)(F)C2)nn2cccc12. The lowest BCUT2D eigenvalue weighted by molar-refractivity contribution is -0.126. The van der Waals surface area contributed by atoms with Crippen LogP contribution in [0.1, 0.15) is 6.92 Å². The van der Waals surface area contributed by atoms with Gasteiger partial charge in [-0.15, -0.1) is 5.10 Å². The minimum absolute atomic E-state index is 0.155. The molecule has 0 aromatic carbocycles. The van der Waals surface area contributed by atoms with Crippen LogP contribution in [0.4, 0.5) is 20.5 Å². The van der Waals surface area contributed by atoms with Crippen molar-refractivity contribution in [3.8, 4) is 0 Å². The van der Waals surface area contributed by atoms with E-state index in [1.54, 1.807) is 25.4 Å². The number of hydrazine groups is 1. The molecule has 0 radical (unpaired) electrons. The van der Waals surface area contributed by atoms with Gasteiger partial charge >= 0.3 is 0 Å². The fourth-order valence-corrected chi connectivity index (χ4v) is 2.64.